The molecule has 2 saturated heterocycles. The highest BCUT2D eigenvalue weighted by atomic mass is 19.4. The number of ether oxygens (including phenoxy) is 1. The second-order valence-electron chi connectivity index (χ2n) is 8.10. The smallest absolute Gasteiger partial charge is 0.377 e. The summed E-state index contributed by atoms with van der Waals surface area (Å²) in [6.07, 6.45) is -2.76. The van der Waals surface area contributed by atoms with Gasteiger partial charge in [-0.15, -0.1) is 0 Å². The van der Waals surface area contributed by atoms with Gasteiger partial charge in [0.1, 0.15) is 0 Å². The molecule has 0 saturated carbocycles. The van der Waals surface area contributed by atoms with E-state index in [1.165, 1.54) is 24.3 Å². The molecule has 9 nitrogen and oxygen atoms in total. The van der Waals surface area contributed by atoms with E-state index in [1.54, 1.807) is 4.90 Å². The van der Waals surface area contributed by atoms with Crippen molar-refractivity contribution in [1.82, 2.24) is 25.3 Å². The molecular weight excluding hydrogens is 443 g/mol. The van der Waals surface area contributed by atoms with Crippen LogP contribution in [0.2, 0.25) is 0 Å². The van der Waals surface area contributed by atoms with Crippen LogP contribution in [0.15, 0.2) is 28.8 Å². The molecule has 2 aromatic rings. The van der Waals surface area contributed by atoms with Crippen molar-refractivity contribution in [2.75, 3.05) is 32.8 Å². The second-order valence-corrected chi connectivity index (χ2v) is 8.10. The summed E-state index contributed by atoms with van der Waals surface area (Å²) in [6.45, 7) is 4.21. The number of urea groups is 1. The van der Waals surface area contributed by atoms with E-state index in [-0.39, 0.29) is 42.0 Å². The first kappa shape index (κ1) is 23.0. The van der Waals surface area contributed by atoms with Gasteiger partial charge in [0, 0.05) is 36.8 Å². The fraction of sp³-hybridized carbons (Fsp3) is 0.524. The van der Waals surface area contributed by atoms with Gasteiger partial charge in [-0.2, -0.15) is 18.2 Å². The average Bonchev–Trinajstić information content (AvgIpc) is 3.47. The molecule has 1 aromatic heterocycles. The molecule has 3 heterocycles. The number of hydrogen-bond acceptors (Lipinski definition) is 6. The predicted molar refractivity (Wildman–Crippen MR) is 109 cm³/mol. The van der Waals surface area contributed by atoms with Gasteiger partial charge in [-0.1, -0.05) is 17.3 Å². The van der Waals surface area contributed by atoms with E-state index in [0.29, 0.717) is 25.3 Å². The summed E-state index contributed by atoms with van der Waals surface area (Å²) < 4.78 is 47.6. The van der Waals surface area contributed by atoms with Crippen molar-refractivity contribution >= 4 is 11.9 Å². The third-order valence-electron chi connectivity index (χ3n) is 5.84. The molecule has 178 valence electrons. The average molecular weight is 467 g/mol. The van der Waals surface area contributed by atoms with E-state index < -0.39 is 12.1 Å². The molecule has 33 heavy (non-hydrogen) atoms. The molecule has 4 rings (SSSR count). The Morgan fingerprint density at radius 2 is 1.94 bits per heavy atom. The number of benzene rings is 1. The van der Waals surface area contributed by atoms with Gasteiger partial charge < -0.3 is 24.4 Å². The van der Waals surface area contributed by atoms with Crippen LogP contribution in [0.4, 0.5) is 18.0 Å². The lowest BCUT2D eigenvalue weighted by Crippen LogP contribution is -2.57. The van der Waals surface area contributed by atoms with Crippen LogP contribution in [-0.4, -0.2) is 76.8 Å². The van der Waals surface area contributed by atoms with Crippen LogP contribution in [0.1, 0.15) is 36.0 Å². The molecule has 0 bridgehead atoms. The quantitative estimate of drug-likeness (QED) is 0.742. The van der Waals surface area contributed by atoms with Crippen molar-refractivity contribution in [3.8, 4) is 11.4 Å². The Kier molecular flexibility index (Phi) is 6.54. The van der Waals surface area contributed by atoms with Gasteiger partial charge in [-0.25, -0.2) is 4.79 Å². The topological polar surface area (TPSA) is 101 Å². The molecule has 2 fully saturated rings. The molecule has 0 aliphatic carbocycles. The van der Waals surface area contributed by atoms with Crippen molar-refractivity contribution in [3.05, 3.63) is 35.7 Å². The minimum absolute atomic E-state index is 0.0368. The highest BCUT2D eigenvalue weighted by molar-refractivity contribution is 5.94. The summed E-state index contributed by atoms with van der Waals surface area (Å²) in [5.41, 5.74) is 0.587. The van der Waals surface area contributed by atoms with Gasteiger partial charge in [-0.05, 0) is 31.9 Å². The molecule has 2 atom stereocenters. The zero-order valence-corrected chi connectivity index (χ0v) is 18.0. The number of nitrogens with zero attached hydrogens (tertiary/aromatic N) is 4. The Bertz CT molecular complexity index is 995. The van der Waals surface area contributed by atoms with Crippen molar-refractivity contribution < 1.29 is 32.0 Å². The maximum Gasteiger partial charge on any atom is 0.471 e. The number of alkyl halides is 3. The van der Waals surface area contributed by atoms with E-state index in [4.69, 9.17) is 4.74 Å². The molecule has 2 aliphatic rings. The third kappa shape index (κ3) is 5.10. The monoisotopic (exact) mass is 467 g/mol. The van der Waals surface area contributed by atoms with Crippen LogP contribution in [-0.2, 0) is 10.9 Å². The molecule has 0 spiro atoms. The summed E-state index contributed by atoms with van der Waals surface area (Å²) in [6, 6.07) is 5.66. The number of aromatic nitrogens is 2. The lowest BCUT2D eigenvalue weighted by Gasteiger charge is -2.39. The van der Waals surface area contributed by atoms with Crippen molar-refractivity contribution in [2.24, 2.45) is 0 Å². The van der Waals surface area contributed by atoms with Crippen molar-refractivity contribution in [3.63, 3.8) is 0 Å². The number of likely N-dealkylation sites (tertiary alicyclic amines) is 1. The first-order valence-corrected chi connectivity index (χ1v) is 10.7. The highest BCUT2D eigenvalue weighted by Crippen LogP contribution is 2.29. The number of hydrogen-bond donors (Lipinski definition) is 1. The number of carbonyl (C=O) groups is 2. The van der Waals surface area contributed by atoms with Crippen LogP contribution in [0.25, 0.3) is 11.4 Å². The minimum Gasteiger partial charge on any atom is -0.377 e. The van der Waals surface area contributed by atoms with E-state index in [1.807, 2.05) is 11.8 Å². The Morgan fingerprint density at radius 1 is 1.18 bits per heavy atom. The summed E-state index contributed by atoms with van der Waals surface area (Å²) in [5.74, 6) is -2.03. The number of halogens is 3. The summed E-state index contributed by atoms with van der Waals surface area (Å²) in [7, 11) is 0. The summed E-state index contributed by atoms with van der Waals surface area (Å²) >= 11 is 0. The Hall–Kier alpha value is -3.15. The summed E-state index contributed by atoms with van der Waals surface area (Å²) in [4.78, 5) is 32.5. The molecule has 1 aromatic carbocycles. The molecular formula is C21H24F3N5O4. The van der Waals surface area contributed by atoms with E-state index in [0.717, 1.165) is 19.4 Å². The Balaban J connectivity index is 1.36. The molecule has 1 N–H and O–H groups in total. The van der Waals surface area contributed by atoms with Crippen LogP contribution in [0.5, 0.6) is 0 Å². The zero-order chi connectivity index (χ0) is 23.6. The van der Waals surface area contributed by atoms with Gasteiger partial charge in [-0.3, -0.25) is 4.79 Å². The Labute approximate surface area is 187 Å². The number of carbonyl (C=O) groups excluding carboxylic acids is 2. The molecule has 2 aliphatic heterocycles. The maximum atomic E-state index is 13.0. The molecule has 12 heteroatoms. The van der Waals surface area contributed by atoms with Crippen LogP contribution in [0.3, 0.4) is 0 Å². The SMILES string of the molecule is CC1CCCN1C(=O)N1CCOC[C@@H]1CNC(=O)c1ccc(-c2noc(C(F)(F)F)n2)cc1. The lowest BCUT2D eigenvalue weighted by atomic mass is 10.1. The van der Waals surface area contributed by atoms with Gasteiger partial charge >= 0.3 is 18.1 Å². The number of morpholine rings is 1. The fourth-order valence-corrected chi connectivity index (χ4v) is 4.00. The van der Waals surface area contributed by atoms with E-state index in [2.05, 4.69) is 20.0 Å². The maximum absolute atomic E-state index is 13.0. The first-order valence-electron chi connectivity index (χ1n) is 10.7. The first-order chi connectivity index (χ1) is 15.7. The molecule has 1 unspecified atom stereocenters. The third-order valence-corrected chi connectivity index (χ3v) is 5.84. The number of amides is 3. The van der Waals surface area contributed by atoms with Crippen LogP contribution >= 0.6 is 0 Å². The van der Waals surface area contributed by atoms with Crippen LogP contribution < -0.4 is 5.32 Å². The van der Waals surface area contributed by atoms with Gasteiger partial charge in [0.05, 0.1) is 19.3 Å². The fourth-order valence-electron chi connectivity index (χ4n) is 4.00. The van der Waals surface area contributed by atoms with Gasteiger partial charge in [0.25, 0.3) is 5.91 Å². The Morgan fingerprint density at radius 3 is 2.58 bits per heavy atom. The summed E-state index contributed by atoms with van der Waals surface area (Å²) in [5, 5.41) is 6.13. The van der Waals surface area contributed by atoms with E-state index >= 15 is 0 Å². The standard InChI is InChI=1S/C21H24F3N5O4/c1-13-3-2-8-28(13)20(31)29-9-10-32-12-16(29)11-25-18(30)15-6-4-14(5-7-15)17-26-19(33-27-17)21(22,23)24/h4-7,13,16H,2-3,8-12H2,1H3,(H,25,30)/t13?,16-/m0/s1. The van der Waals surface area contributed by atoms with E-state index in [9.17, 15) is 22.8 Å². The molecule has 3 amide bonds. The van der Waals surface area contributed by atoms with Gasteiger partial charge in [0.15, 0.2) is 0 Å². The minimum atomic E-state index is -4.73. The zero-order valence-electron chi connectivity index (χ0n) is 18.0. The van der Waals surface area contributed by atoms with Crippen molar-refractivity contribution in [1.29, 1.82) is 0 Å². The lowest BCUT2D eigenvalue weighted by molar-refractivity contribution is -0.159. The second kappa shape index (κ2) is 9.38. The van der Waals surface area contributed by atoms with Crippen molar-refractivity contribution in [2.45, 2.75) is 38.0 Å². The molecule has 0 radical (unpaired) electrons. The van der Waals surface area contributed by atoms with Gasteiger partial charge in [0.2, 0.25) is 5.82 Å². The number of nitrogens with one attached hydrogen (secondary N) is 1. The largest absolute Gasteiger partial charge is 0.471 e. The predicted octanol–water partition coefficient (Wildman–Crippen LogP) is 2.79. The normalized spacial score (nSPS) is 21.3. The van der Waals surface area contributed by atoms with Crippen LogP contribution in [0, 0.1) is 0 Å². The highest BCUT2D eigenvalue weighted by Gasteiger charge is 2.38. The number of rotatable bonds is 4.